The molecule has 0 radical (unpaired) electrons. The van der Waals surface area contributed by atoms with Gasteiger partial charge in [-0.25, -0.2) is 0 Å². The number of benzene rings is 1. The Balaban J connectivity index is 1.53. The highest BCUT2D eigenvalue weighted by Crippen LogP contribution is 2.32. The van der Waals surface area contributed by atoms with Crippen LogP contribution in [0.2, 0.25) is 0 Å². The van der Waals surface area contributed by atoms with Crippen molar-refractivity contribution < 1.29 is 9.59 Å². The summed E-state index contributed by atoms with van der Waals surface area (Å²) in [6.45, 7) is 7.58. The van der Waals surface area contributed by atoms with Crippen LogP contribution in [0.4, 0.5) is 0 Å². The molecule has 1 aromatic rings. The smallest absolute Gasteiger partial charge is 0.225 e. The average molecular weight is 342 g/mol. The Kier molecular flexibility index (Phi) is 5.16. The minimum absolute atomic E-state index is 0.0605. The maximum Gasteiger partial charge on any atom is 0.225 e. The van der Waals surface area contributed by atoms with E-state index in [0.29, 0.717) is 0 Å². The van der Waals surface area contributed by atoms with Crippen molar-refractivity contribution in [3.63, 3.8) is 0 Å². The lowest BCUT2D eigenvalue weighted by atomic mass is 9.80. The molecule has 0 bridgehead atoms. The number of carbonyl (C=O) groups is 2. The average Bonchev–Trinajstić information content (AvgIpc) is 2.59. The largest absolute Gasteiger partial charge is 0.351 e. The van der Waals surface area contributed by atoms with Gasteiger partial charge in [0, 0.05) is 30.5 Å². The van der Waals surface area contributed by atoms with Gasteiger partial charge >= 0.3 is 0 Å². The van der Waals surface area contributed by atoms with E-state index in [4.69, 9.17) is 0 Å². The van der Waals surface area contributed by atoms with E-state index in [1.807, 2.05) is 31.7 Å². The van der Waals surface area contributed by atoms with Gasteiger partial charge in [0.25, 0.3) is 0 Å². The number of hydrogen-bond donors (Lipinski definition) is 1. The molecule has 0 unspecified atom stereocenters. The van der Waals surface area contributed by atoms with Crippen molar-refractivity contribution in [3.8, 4) is 0 Å². The van der Waals surface area contributed by atoms with Gasteiger partial charge in [-0.15, -0.1) is 0 Å². The molecule has 136 valence electrons. The van der Waals surface area contributed by atoms with Gasteiger partial charge in [0.2, 0.25) is 11.8 Å². The lowest BCUT2D eigenvalue weighted by molar-refractivity contribution is -0.139. The van der Waals surface area contributed by atoms with Gasteiger partial charge in [0.15, 0.2) is 0 Å². The Hall–Kier alpha value is -1.84. The number of nitrogens with zero attached hydrogens (tertiary/aromatic N) is 1. The van der Waals surface area contributed by atoms with Crippen LogP contribution in [0, 0.1) is 11.8 Å². The monoisotopic (exact) mass is 342 g/mol. The summed E-state index contributed by atoms with van der Waals surface area (Å²) in [6.07, 6.45) is 4.26. The summed E-state index contributed by atoms with van der Waals surface area (Å²) in [4.78, 5) is 27.2. The lowest BCUT2D eigenvalue weighted by Gasteiger charge is -2.35. The Morgan fingerprint density at radius 2 is 1.60 bits per heavy atom. The molecule has 0 saturated heterocycles. The standard InChI is InChI=1S/C21H30N2O2/c1-21(2,3)22-19(24)16-8-10-17(11-9-16)20(25)23-13-12-15-6-4-5-7-18(15)14-23/h4-7,16-17H,8-14H2,1-3H3,(H,22,24). The van der Waals surface area contributed by atoms with E-state index in [1.165, 1.54) is 11.1 Å². The Morgan fingerprint density at radius 1 is 1.00 bits per heavy atom. The number of amides is 2. The highest BCUT2D eigenvalue weighted by atomic mass is 16.2. The van der Waals surface area contributed by atoms with E-state index < -0.39 is 0 Å². The third-order valence-electron chi connectivity index (χ3n) is 5.39. The molecule has 3 rings (SSSR count). The summed E-state index contributed by atoms with van der Waals surface area (Å²) >= 11 is 0. The minimum atomic E-state index is -0.190. The summed E-state index contributed by atoms with van der Waals surface area (Å²) in [7, 11) is 0. The van der Waals surface area contributed by atoms with Gasteiger partial charge in [-0.3, -0.25) is 9.59 Å². The molecule has 1 N–H and O–H groups in total. The number of rotatable bonds is 2. The normalized spacial score (nSPS) is 23.7. The van der Waals surface area contributed by atoms with Crippen molar-refractivity contribution >= 4 is 11.8 Å². The van der Waals surface area contributed by atoms with Crippen molar-refractivity contribution in [2.75, 3.05) is 6.54 Å². The van der Waals surface area contributed by atoms with Gasteiger partial charge in [0.1, 0.15) is 0 Å². The summed E-state index contributed by atoms with van der Waals surface area (Å²) in [5.41, 5.74) is 2.46. The van der Waals surface area contributed by atoms with Crippen LogP contribution in [0.15, 0.2) is 24.3 Å². The van der Waals surface area contributed by atoms with Crippen molar-refractivity contribution in [3.05, 3.63) is 35.4 Å². The van der Waals surface area contributed by atoms with Crippen molar-refractivity contribution in [1.29, 1.82) is 0 Å². The molecule has 1 saturated carbocycles. The summed E-state index contributed by atoms with van der Waals surface area (Å²) in [6, 6.07) is 8.41. The lowest BCUT2D eigenvalue weighted by Crippen LogP contribution is -2.46. The second-order valence-electron chi connectivity index (χ2n) is 8.57. The van der Waals surface area contributed by atoms with Crippen LogP contribution >= 0.6 is 0 Å². The number of nitrogens with one attached hydrogen (secondary N) is 1. The summed E-state index contributed by atoms with van der Waals surface area (Å²) in [5, 5.41) is 3.07. The quantitative estimate of drug-likeness (QED) is 0.896. The molecule has 4 nitrogen and oxygen atoms in total. The van der Waals surface area contributed by atoms with Crippen LogP contribution in [0.5, 0.6) is 0 Å². The van der Waals surface area contributed by atoms with E-state index in [-0.39, 0.29) is 29.2 Å². The number of hydrogen-bond acceptors (Lipinski definition) is 2. The summed E-state index contributed by atoms with van der Waals surface area (Å²) < 4.78 is 0. The molecule has 0 spiro atoms. The first-order chi connectivity index (χ1) is 11.8. The number of fused-ring (bicyclic) bond motifs is 1. The first-order valence-corrected chi connectivity index (χ1v) is 9.51. The maximum absolute atomic E-state index is 12.9. The van der Waals surface area contributed by atoms with Gasteiger partial charge in [-0.05, 0) is 64.0 Å². The minimum Gasteiger partial charge on any atom is -0.351 e. The fourth-order valence-electron chi connectivity index (χ4n) is 4.02. The van der Waals surface area contributed by atoms with Crippen LogP contribution in [-0.2, 0) is 22.6 Å². The highest BCUT2D eigenvalue weighted by Gasteiger charge is 2.33. The molecule has 1 aliphatic heterocycles. The molecular formula is C21H30N2O2. The molecule has 2 aliphatic rings. The van der Waals surface area contributed by atoms with Crippen LogP contribution in [0.3, 0.4) is 0 Å². The van der Waals surface area contributed by atoms with Gasteiger partial charge in [-0.1, -0.05) is 24.3 Å². The SMILES string of the molecule is CC(C)(C)NC(=O)C1CCC(C(=O)N2CCc3ccccc3C2)CC1. The second kappa shape index (κ2) is 7.19. The van der Waals surface area contributed by atoms with Crippen LogP contribution in [0.1, 0.15) is 57.6 Å². The van der Waals surface area contributed by atoms with Gasteiger partial charge in [0.05, 0.1) is 0 Å². The molecule has 0 aromatic heterocycles. The molecule has 4 heteroatoms. The third-order valence-corrected chi connectivity index (χ3v) is 5.39. The maximum atomic E-state index is 12.9. The van der Waals surface area contributed by atoms with Gasteiger partial charge in [-0.2, -0.15) is 0 Å². The predicted molar refractivity (Wildman–Crippen MR) is 98.9 cm³/mol. The van der Waals surface area contributed by atoms with Crippen molar-refractivity contribution in [2.24, 2.45) is 11.8 Å². The zero-order chi connectivity index (χ0) is 18.0. The highest BCUT2D eigenvalue weighted by molar-refractivity contribution is 5.81. The zero-order valence-corrected chi connectivity index (χ0v) is 15.7. The van der Waals surface area contributed by atoms with E-state index in [2.05, 4.69) is 23.5 Å². The first-order valence-electron chi connectivity index (χ1n) is 9.51. The zero-order valence-electron chi connectivity index (χ0n) is 15.7. The second-order valence-corrected chi connectivity index (χ2v) is 8.57. The Bertz CT molecular complexity index is 640. The molecule has 1 aromatic carbocycles. The van der Waals surface area contributed by atoms with E-state index >= 15 is 0 Å². The number of carbonyl (C=O) groups excluding carboxylic acids is 2. The van der Waals surface area contributed by atoms with Crippen LogP contribution in [-0.4, -0.2) is 28.8 Å². The van der Waals surface area contributed by atoms with Gasteiger partial charge < -0.3 is 10.2 Å². The van der Waals surface area contributed by atoms with E-state index in [0.717, 1.165) is 45.2 Å². The third kappa shape index (κ3) is 4.42. The topological polar surface area (TPSA) is 49.4 Å². The fourth-order valence-corrected chi connectivity index (χ4v) is 4.02. The molecular weight excluding hydrogens is 312 g/mol. The van der Waals surface area contributed by atoms with Crippen molar-refractivity contribution in [2.45, 2.75) is 65.0 Å². The first kappa shape index (κ1) is 18.0. The Morgan fingerprint density at radius 3 is 2.24 bits per heavy atom. The molecule has 2 amide bonds. The summed E-state index contributed by atoms with van der Waals surface area (Å²) in [5.74, 6) is 0.573. The molecule has 0 atom stereocenters. The molecule has 1 heterocycles. The van der Waals surface area contributed by atoms with Crippen molar-refractivity contribution in [1.82, 2.24) is 10.2 Å². The van der Waals surface area contributed by atoms with Crippen LogP contribution < -0.4 is 5.32 Å². The predicted octanol–water partition coefficient (Wildman–Crippen LogP) is 3.29. The Labute approximate surface area is 151 Å². The van der Waals surface area contributed by atoms with E-state index in [1.54, 1.807) is 0 Å². The molecule has 25 heavy (non-hydrogen) atoms. The molecule has 1 fully saturated rings. The fraction of sp³-hybridized carbons (Fsp3) is 0.619. The van der Waals surface area contributed by atoms with Crippen LogP contribution in [0.25, 0.3) is 0 Å². The molecule has 1 aliphatic carbocycles. The van der Waals surface area contributed by atoms with E-state index in [9.17, 15) is 9.59 Å².